The molecular weight excluding hydrogens is 232 g/mol. The van der Waals surface area contributed by atoms with Crippen molar-refractivity contribution < 1.29 is 4.79 Å². The number of rotatable bonds is 6. The number of aromatic nitrogens is 2. The van der Waals surface area contributed by atoms with E-state index in [0.717, 1.165) is 17.2 Å². The van der Waals surface area contributed by atoms with Crippen LogP contribution in [0, 0.1) is 0 Å². The summed E-state index contributed by atoms with van der Waals surface area (Å²) in [4.78, 5) is 15.2. The summed E-state index contributed by atoms with van der Waals surface area (Å²) in [5.74, 6) is 0.333. The van der Waals surface area contributed by atoms with Crippen LogP contribution in [-0.4, -0.2) is 33.1 Å². The number of nitrogens with one attached hydrogen (secondary N) is 1. The highest BCUT2D eigenvalue weighted by molar-refractivity contribution is 8.01. The zero-order valence-electron chi connectivity index (χ0n) is 8.05. The van der Waals surface area contributed by atoms with E-state index in [4.69, 9.17) is 5.73 Å². The van der Waals surface area contributed by atoms with Gasteiger partial charge in [0.25, 0.3) is 0 Å². The van der Waals surface area contributed by atoms with Crippen LogP contribution in [0.15, 0.2) is 10.7 Å². The summed E-state index contributed by atoms with van der Waals surface area (Å²) in [6, 6.07) is 0.226. The van der Waals surface area contributed by atoms with Crippen LogP contribution < -0.4 is 11.1 Å². The van der Waals surface area contributed by atoms with Gasteiger partial charge in [-0.05, 0) is 24.4 Å². The highest BCUT2D eigenvalue weighted by Crippen LogP contribution is 2.22. The molecule has 1 amide bonds. The number of nitrogens with two attached hydrogens (primary N) is 1. The van der Waals surface area contributed by atoms with Gasteiger partial charge in [-0.1, -0.05) is 11.8 Å². The highest BCUT2D eigenvalue weighted by Gasteiger charge is 2.27. The molecule has 0 spiro atoms. The van der Waals surface area contributed by atoms with Gasteiger partial charge in [-0.15, -0.1) is 0 Å². The largest absolute Gasteiger partial charge is 0.368 e. The van der Waals surface area contributed by atoms with Crippen molar-refractivity contribution >= 4 is 29.2 Å². The van der Waals surface area contributed by atoms with Crippen LogP contribution in [0.4, 0.5) is 0 Å². The minimum atomic E-state index is -0.293. The van der Waals surface area contributed by atoms with Crippen molar-refractivity contribution in [3.8, 4) is 0 Å². The molecule has 1 unspecified atom stereocenters. The average Bonchev–Trinajstić information content (AvgIpc) is 2.87. The van der Waals surface area contributed by atoms with Crippen LogP contribution in [0.2, 0.25) is 0 Å². The Balaban J connectivity index is 1.80. The number of primary amides is 1. The number of hydrogen-bond acceptors (Lipinski definition) is 6. The predicted molar refractivity (Wildman–Crippen MR) is 59.8 cm³/mol. The molecule has 1 saturated carbocycles. The first-order chi connectivity index (χ1) is 7.25. The quantitative estimate of drug-likeness (QED) is 0.700. The lowest BCUT2D eigenvalue weighted by Crippen LogP contribution is -2.44. The molecule has 3 N–H and O–H groups in total. The fourth-order valence-electron chi connectivity index (χ4n) is 1.13. The molecule has 1 fully saturated rings. The van der Waals surface area contributed by atoms with Crippen LogP contribution >= 0.6 is 23.3 Å². The molecule has 1 atom stereocenters. The van der Waals surface area contributed by atoms with Crippen molar-refractivity contribution in [3.63, 3.8) is 0 Å². The van der Waals surface area contributed by atoms with E-state index in [1.54, 1.807) is 0 Å². The zero-order chi connectivity index (χ0) is 10.7. The molecule has 1 heterocycles. The summed E-state index contributed by atoms with van der Waals surface area (Å²) in [6.07, 6.45) is 3.81. The first kappa shape index (κ1) is 10.8. The monoisotopic (exact) mass is 244 g/mol. The van der Waals surface area contributed by atoms with Crippen molar-refractivity contribution in [1.29, 1.82) is 0 Å². The SMILES string of the molecule is NC(=O)C(CSc1ncns1)NC1CC1. The summed E-state index contributed by atoms with van der Waals surface area (Å²) in [7, 11) is 0. The molecule has 0 aromatic carbocycles. The lowest BCUT2D eigenvalue weighted by atomic mass is 10.3. The topological polar surface area (TPSA) is 80.9 Å². The lowest BCUT2D eigenvalue weighted by Gasteiger charge is -2.13. The standard InChI is InChI=1S/C8H12N4OS2/c9-7(13)6(12-5-1-2-5)3-14-8-10-4-11-15-8/h4-6,12H,1-3H2,(H2,9,13). The van der Waals surface area contributed by atoms with E-state index in [2.05, 4.69) is 14.7 Å². The van der Waals surface area contributed by atoms with Gasteiger partial charge in [0.1, 0.15) is 6.33 Å². The Morgan fingerprint density at radius 1 is 1.80 bits per heavy atom. The van der Waals surface area contributed by atoms with Gasteiger partial charge in [0, 0.05) is 11.8 Å². The van der Waals surface area contributed by atoms with E-state index in [9.17, 15) is 4.79 Å². The van der Waals surface area contributed by atoms with Gasteiger partial charge in [0.15, 0.2) is 4.34 Å². The third kappa shape index (κ3) is 3.44. The average molecular weight is 244 g/mol. The molecule has 2 rings (SSSR count). The van der Waals surface area contributed by atoms with E-state index in [-0.39, 0.29) is 11.9 Å². The number of carbonyl (C=O) groups excluding carboxylic acids is 1. The van der Waals surface area contributed by atoms with Crippen molar-refractivity contribution in [2.24, 2.45) is 5.73 Å². The maximum atomic E-state index is 11.1. The summed E-state index contributed by atoms with van der Waals surface area (Å²) >= 11 is 2.85. The van der Waals surface area contributed by atoms with Crippen LogP contribution in [0.5, 0.6) is 0 Å². The van der Waals surface area contributed by atoms with Crippen molar-refractivity contribution in [2.45, 2.75) is 29.3 Å². The Bertz CT molecular complexity index is 325. The first-order valence-electron chi connectivity index (χ1n) is 4.70. The Labute approximate surface area is 96.0 Å². The summed E-state index contributed by atoms with van der Waals surface area (Å²) in [6.45, 7) is 0. The Hall–Kier alpha value is -0.660. The number of thioether (sulfide) groups is 1. The van der Waals surface area contributed by atoms with E-state index in [1.165, 1.54) is 29.6 Å². The zero-order valence-corrected chi connectivity index (χ0v) is 9.68. The minimum absolute atomic E-state index is 0.258. The third-order valence-electron chi connectivity index (χ3n) is 2.07. The van der Waals surface area contributed by atoms with Crippen LogP contribution in [0.1, 0.15) is 12.8 Å². The lowest BCUT2D eigenvalue weighted by molar-refractivity contribution is -0.119. The van der Waals surface area contributed by atoms with Gasteiger partial charge in [-0.2, -0.15) is 4.37 Å². The molecule has 7 heteroatoms. The molecular formula is C8H12N4OS2. The molecule has 1 aliphatic carbocycles. The second kappa shape index (κ2) is 4.91. The fourth-order valence-corrected chi connectivity index (χ4v) is 2.64. The van der Waals surface area contributed by atoms with Crippen LogP contribution in [0.3, 0.4) is 0 Å². The van der Waals surface area contributed by atoms with Gasteiger partial charge in [0.05, 0.1) is 6.04 Å². The third-order valence-corrected chi connectivity index (χ3v) is 3.96. The molecule has 5 nitrogen and oxygen atoms in total. The van der Waals surface area contributed by atoms with E-state index >= 15 is 0 Å². The van der Waals surface area contributed by atoms with Gasteiger partial charge in [0.2, 0.25) is 5.91 Å². The molecule has 1 aliphatic rings. The first-order valence-corrected chi connectivity index (χ1v) is 6.46. The highest BCUT2D eigenvalue weighted by atomic mass is 32.2. The summed E-state index contributed by atoms with van der Waals surface area (Å²) in [5.41, 5.74) is 5.30. The molecule has 82 valence electrons. The number of hydrogen-bond donors (Lipinski definition) is 2. The maximum Gasteiger partial charge on any atom is 0.235 e. The molecule has 0 radical (unpaired) electrons. The van der Waals surface area contributed by atoms with Crippen LogP contribution in [-0.2, 0) is 4.79 Å². The van der Waals surface area contributed by atoms with Crippen molar-refractivity contribution in [3.05, 3.63) is 6.33 Å². The van der Waals surface area contributed by atoms with E-state index < -0.39 is 0 Å². The smallest absolute Gasteiger partial charge is 0.235 e. The Morgan fingerprint density at radius 3 is 3.13 bits per heavy atom. The van der Waals surface area contributed by atoms with Gasteiger partial charge in [-0.3, -0.25) is 4.79 Å². The molecule has 1 aromatic heterocycles. The number of carbonyl (C=O) groups is 1. The predicted octanol–water partition coefficient (Wildman–Crippen LogP) is 0.236. The Morgan fingerprint density at radius 2 is 2.60 bits per heavy atom. The van der Waals surface area contributed by atoms with Crippen LogP contribution in [0.25, 0.3) is 0 Å². The van der Waals surface area contributed by atoms with E-state index in [0.29, 0.717) is 11.8 Å². The van der Waals surface area contributed by atoms with Gasteiger partial charge >= 0.3 is 0 Å². The second-order valence-electron chi connectivity index (χ2n) is 3.41. The second-order valence-corrected chi connectivity index (χ2v) is 5.46. The molecule has 0 bridgehead atoms. The number of amides is 1. The fraction of sp³-hybridized carbons (Fsp3) is 0.625. The molecule has 1 aromatic rings. The van der Waals surface area contributed by atoms with Gasteiger partial charge in [-0.25, -0.2) is 4.98 Å². The molecule has 15 heavy (non-hydrogen) atoms. The maximum absolute atomic E-state index is 11.1. The molecule has 0 saturated heterocycles. The minimum Gasteiger partial charge on any atom is -0.368 e. The van der Waals surface area contributed by atoms with Crippen molar-refractivity contribution in [1.82, 2.24) is 14.7 Å². The van der Waals surface area contributed by atoms with Gasteiger partial charge < -0.3 is 11.1 Å². The van der Waals surface area contributed by atoms with E-state index in [1.807, 2.05) is 0 Å². The Kier molecular flexibility index (Phi) is 3.55. The summed E-state index contributed by atoms with van der Waals surface area (Å²) in [5, 5.41) is 3.21. The summed E-state index contributed by atoms with van der Waals surface area (Å²) < 4.78 is 4.77. The molecule has 0 aliphatic heterocycles. The van der Waals surface area contributed by atoms with Crippen molar-refractivity contribution in [2.75, 3.05) is 5.75 Å². The normalized spacial score (nSPS) is 17.6. The number of nitrogens with zero attached hydrogens (tertiary/aromatic N) is 2.